The first-order valence-electron chi connectivity index (χ1n) is 8.44. The monoisotopic (exact) mass is 380 g/mol. The zero-order chi connectivity index (χ0) is 18.5. The summed E-state index contributed by atoms with van der Waals surface area (Å²) in [6, 6.07) is 1.94. The van der Waals surface area contributed by atoms with Gasteiger partial charge in [-0.2, -0.15) is 11.3 Å². The third kappa shape index (κ3) is 5.80. The highest BCUT2D eigenvalue weighted by atomic mass is 32.1. The maximum absolute atomic E-state index is 10.6. The van der Waals surface area contributed by atoms with Crippen molar-refractivity contribution in [2.24, 2.45) is 4.99 Å². The summed E-state index contributed by atoms with van der Waals surface area (Å²) >= 11 is 3.22. The fraction of sp³-hybridized carbons (Fsp3) is 0.556. The van der Waals surface area contributed by atoms with Gasteiger partial charge in [0, 0.05) is 17.3 Å². The molecule has 2 aromatic rings. The highest BCUT2D eigenvalue weighted by Crippen LogP contribution is 2.24. The van der Waals surface area contributed by atoms with Crippen LogP contribution in [-0.2, 0) is 17.6 Å². The molecule has 0 saturated carbocycles. The van der Waals surface area contributed by atoms with E-state index in [1.807, 2.05) is 30.7 Å². The van der Waals surface area contributed by atoms with Crippen molar-refractivity contribution < 1.29 is 5.11 Å². The molecule has 7 heteroatoms. The predicted molar refractivity (Wildman–Crippen MR) is 108 cm³/mol. The summed E-state index contributed by atoms with van der Waals surface area (Å²) in [6.07, 6.45) is 0. The number of aliphatic hydroxyl groups is 1. The van der Waals surface area contributed by atoms with Crippen molar-refractivity contribution in [1.82, 2.24) is 15.6 Å². The lowest BCUT2D eigenvalue weighted by Crippen LogP contribution is -2.44. The average Bonchev–Trinajstić information content (AvgIpc) is 3.20. The lowest BCUT2D eigenvalue weighted by atomic mass is 9.93. The largest absolute Gasteiger partial charge is 0.384 e. The lowest BCUT2D eigenvalue weighted by molar-refractivity contribution is 0.0621. The molecule has 0 spiro atoms. The molecule has 0 aliphatic rings. The first-order valence-corrected chi connectivity index (χ1v) is 10.3. The van der Waals surface area contributed by atoms with E-state index in [0.717, 1.165) is 22.8 Å². The fourth-order valence-electron chi connectivity index (χ4n) is 2.15. The molecule has 0 saturated heterocycles. The van der Waals surface area contributed by atoms with Crippen LogP contribution in [-0.4, -0.2) is 29.1 Å². The summed E-state index contributed by atoms with van der Waals surface area (Å²) in [5.41, 5.74) is 1.13. The minimum absolute atomic E-state index is 0.0560. The topological polar surface area (TPSA) is 69.5 Å². The summed E-state index contributed by atoms with van der Waals surface area (Å²) in [4.78, 5) is 9.27. The third-order valence-electron chi connectivity index (χ3n) is 3.78. The van der Waals surface area contributed by atoms with E-state index in [1.165, 1.54) is 0 Å². The molecule has 0 radical (unpaired) electrons. The molecule has 1 unspecified atom stereocenters. The number of guanidine groups is 1. The Morgan fingerprint density at radius 1 is 1.24 bits per heavy atom. The molecule has 138 valence electrons. The van der Waals surface area contributed by atoms with E-state index >= 15 is 0 Å². The van der Waals surface area contributed by atoms with E-state index in [0.29, 0.717) is 19.0 Å². The zero-order valence-electron chi connectivity index (χ0n) is 15.6. The van der Waals surface area contributed by atoms with E-state index in [1.54, 1.807) is 22.7 Å². The Labute approximate surface area is 158 Å². The number of aromatic nitrogens is 1. The Morgan fingerprint density at radius 2 is 2.00 bits per heavy atom. The van der Waals surface area contributed by atoms with E-state index in [9.17, 15) is 5.11 Å². The summed E-state index contributed by atoms with van der Waals surface area (Å²) < 4.78 is 0. The van der Waals surface area contributed by atoms with Gasteiger partial charge in [-0.05, 0) is 36.2 Å². The Hall–Kier alpha value is -1.44. The molecule has 5 nitrogen and oxygen atoms in total. The van der Waals surface area contributed by atoms with Crippen molar-refractivity contribution in [1.29, 1.82) is 0 Å². The standard InChI is InChI=1S/C18H28N4OS2/c1-6-19-16(21-12-18(5,23)13-7-8-24-10-13)20-9-15-22-14(11-25-15)17(2,3)4/h7-8,10-11,23H,6,9,12H2,1-5H3,(H2,19,20,21). The second kappa shape index (κ2) is 8.29. The van der Waals surface area contributed by atoms with Gasteiger partial charge in [0.15, 0.2) is 5.96 Å². The molecule has 3 N–H and O–H groups in total. The minimum atomic E-state index is -0.934. The molecule has 2 aromatic heterocycles. The Kier molecular flexibility index (Phi) is 6.59. The van der Waals surface area contributed by atoms with E-state index in [4.69, 9.17) is 0 Å². The van der Waals surface area contributed by atoms with Crippen LogP contribution < -0.4 is 10.6 Å². The van der Waals surface area contributed by atoms with E-state index in [-0.39, 0.29) is 5.41 Å². The highest BCUT2D eigenvalue weighted by molar-refractivity contribution is 7.09. The summed E-state index contributed by atoms with van der Waals surface area (Å²) in [7, 11) is 0. The normalized spacial score (nSPS) is 15.0. The molecule has 25 heavy (non-hydrogen) atoms. The number of thiazole rings is 1. The molecular weight excluding hydrogens is 352 g/mol. The van der Waals surface area contributed by atoms with E-state index in [2.05, 4.69) is 46.8 Å². The van der Waals surface area contributed by atoms with Gasteiger partial charge in [0.1, 0.15) is 10.6 Å². The summed E-state index contributed by atoms with van der Waals surface area (Å²) in [5.74, 6) is 0.686. The molecular formula is C18H28N4OS2. The number of aliphatic imine (C=N–C) groups is 1. The number of hydrogen-bond donors (Lipinski definition) is 3. The number of thiophene rings is 1. The van der Waals surface area contributed by atoms with Gasteiger partial charge >= 0.3 is 0 Å². The molecule has 0 bridgehead atoms. The van der Waals surface area contributed by atoms with Gasteiger partial charge in [-0.25, -0.2) is 9.98 Å². The van der Waals surface area contributed by atoms with Crippen molar-refractivity contribution in [2.45, 2.75) is 52.2 Å². The van der Waals surface area contributed by atoms with Crippen molar-refractivity contribution >= 4 is 28.6 Å². The number of nitrogens with zero attached hydrogens (tertiary/aromatic N) is 2. The molecule has 2 rings (SSSR count). The van der Waals surface area contributed by atoms with Crippen molar-refractivity contribution in [3.63, 3.8) is 0 Å². The number of rotatable bonds is 6. The van der Waals surface area contributed by atoms with Crippen LogP contribution in [0.25, 0.3) is 0 Å². The molecule has 2 heterocycles. The van der Waals surface area contributed by atoms with Gasteiger partial charge in [0.2, 0.25) is 0 Å². The Morgan fingerprint density at radius 3 is 2.56 bits per heavy atom. The third-order valence-corrected chi connectivity index (χ3v) is 5.30. The highest BCUT2D eigenvalue weighted by Gasteiger charge is 2.23. The molecule has 0 aromatic carbocycles. The maximum Gasteiger partial charge on any atom is 0.191 e. The average molecular weight is 381 g/mol. The quantitative estimate of drug-likeness (QED) is 0.530. The summed E-state index contributed by atoms with van der Waals surface area (Å²) in [6.45, 7) is 12.0. The Bertz CT molecular complexity index is 684. The van der Waals surface area contributed by atoms with E-state index < -0.39 is 5.60 Å². The molecule has 0 amide bonds. The van der Waals surface area contributed by atoms with Crippen LogP contribution >= 0.6 is 22.7 Å². The van der Waals surface area contributed by atoms with Crippen LogP contribution in [0.1, 0.15) is 50.9 Å². The van der Waals surface area contributed by atoms with Crippen molar-refractivity contribution in [3.05, 3.63) is 38.5 Å². The van der Waals surface area contributed by atoms with Crippen LogP contribution in [0.15, 0.2) is 27.2 Å². The summed E-state index contributed by atoms with van der Waals surface area (Å²) in [5, 5.41) is 24.1. The van der Waals surface area contributed by atoms with Gasteiger partial charge in [-0.3, -0.25) is 0 Å². The van der Waals surface area contributed by atoms with Gasteiger partial charge in [0.05, 0.1) is 18.8 Å². The smallest absolute Gasteiger partial charge is 0.191 e. The predicted octanol–water partition coefficient (Wildman–Crippen LogP) is 3.46. The van der Waals surface area contributed by atoms with Crippen LogP contribution in [0.3, 0.4) is 0 Å². The number of nitrogens with one attached hydrogen (secondary N) is 2. The first-order chi connectivity index (χ1) is 11.7. The molecule has 0 aliphatic carbocycles. The van der Waals surface area contributed by atoms with Crippen LogP contribution in [0.4, 0.5) is 0 Å². The Balaban J connectivity index is 2.00. The van der Waals surface area contributed by atoms with Gasteiger partial charge < -0.3 is 15.7 Å². The van der Waals surface area contributed by atoms with Crippen LogP contribution in [0, 0.1) is 0 Å². The van der Waals surface area contributed by atoms with Gasteiger partial charge in [0.25, 0.3) is 0 Å². The fourth-order valence-corrected chi connectivity index (χ4v) is 3.87. The molecule has 0 aliphatic heterocycles. The second-order valence-electron chi connectivity index (χ2n) is 7.21. The van der Waals surface area contributed by atoms with Crippen molar-refractivity contribution in [2.75, 3.05) is 13.1 Å². The first kappa shape index (κ1) is 19.9. The van der Waals surface area contributed by atoms with Crippen LogP contribution in [0.2, 0.25) is 0 Å². The van der Waals surface area contributed by atoms with Crippen LogP contribution in [0.5, 0.6) is 0 Å². The molecule has 1 atom stereocenters. The number of hydrogen-bond acceptors (Lipinski definition) is 5. The molecule has 0 fully saturated rings. The van der Waals surface area contributed by atoms with Gasteiger partial charge in [-0.1, -0.05) is 20.8 Å². The van der Waals surface area contributed by atoms with Crippen molar-refractivity contribution in [3.8, 4) is 0 Å². The minimum Gasteiger partial charge on any atom is -0.384 e. The second-order valence-corrected chi connectivity index (χ2v) is 8.93. The lowest BCUT2D eigenvalue weighted by Gasteiger charge is -2.24. The zero-order valence-corrected chi connectivity index (χ0v) is 17.2. The SMILES string of the molecule is CCNC(=NCc1nc(C(C)(C)C)cs1)NCC(C)(O)c1ccsc1. The maximum atomic E-state index is 10.6. The van der Waals surface area contributed by atoms with Gasteiger partial charge in [-0.15, -0.1) is 11.3 Å².